The molecule has 1 N–H and O–H groups in total. The van der Waals surface area contributed by atoms with Gasteiger partial charge in [-0.3, -0.25) is 4.79 Å². The summed E-state index contributed by atoms with van der Waals surface area (Å²) in [6.45, 7) is 1.64. The van der Waals surface area contributed by atoms with Crippen LogP contribution in [0.15, 0.2) is 12.3 Å². The summed E-state index contributed by atoms with van der Waals surface area (Å²) in [5.41, 5.74) is 2.01. The lowest BCUT2D eigenvalue weighted by Crippen LogP contribution is -2.17. The quantitative estimate of drug-likeness (QED) is 0.787. The maximum atomic E-state index is 11.5. The Morgan fingerprint density at radius 2 is 2.27 bits per heavy atom. The number of carbonyl (C=O) groups excluding carboxylic acids is 1. The average molecular weight is 202 g/mol. The number of nitrogens with one attached hydrogen (secondary N) is 1. The van der Waals surface area contributed by atoms with Crippen molar-refractivity contribution < 1.29 is 4.79 Å². The van der Waals surface area contributed by atoms with E-state index in [1.165, 1.54) is 0 Å². The third kappa shape index (κ3) is 1.09. The Bertz CT molecular complexity index is 541. The van der Waals surface area contributed by atoms with Crippen molar-refractivity contribution >= 4 is 16.9 Å². The van der Waals surface area contributed by atoms with Gasteiger partial charge in [-0.05, 0) is 31.4 Å². The third-order valence-electron chi connectivity index (χ3n) is 3.15. The van der Waals surface area contributed by atoms with Crippen molar-refractivity contribution in [1.29, 1.82) is 0 Å². The van der Waals surface area contributed by atoms with E-state index in [2.05, 4.69) is 20.4 Å². The van der Waals surface area contributed by atoms with Crippen molar-refractivity contribution in [1.82, 2.24) is 20.4 Å². The van der Waals surface area contributed by atoms with Crippen LogP contribution in [0, 0.1) is 0 Å². The molecule has 0 atom stereocenters. The number of rotatable bonds is 2. The number of hydrogen-bond donors (Lipinski definition) is 1. The summed E-state index contributed by atoms with van der Waals surface area (Å²) in [5.74, 6) is 0.215. The molecule has 2 aromatic rings. The number of aromatic amines is 1. The Kier molecular flexibility index (Phi) is 1.49. The summed E-state index contributed by atoms with van der Waals surface area (Å²) in [7, 11) is 0. The molecule has 2 heterocycles. The number of hydrogen-bond acceptors (Lipinski definition) is 4. The summed E-state index contributed by atoms with van der Waals surface area (Å²) >= 11 is 0. The van der Waals surface area contributed by atoms with Gasteiger partial charge in [0.25, 0.3) is 0 Å². The zero-order valence-corrected chi connectivity index (χ0v) is 8.32. The first-order valence-corrected chi connectivity index (χ1v) is 4.90. The van der Waals surface area contributed by atoms with Crippen LogP contribution in [-0.4, -0.2) is 26.2 Å². The lowest BCUT2D eigenvalue weighted by Gasteiger charge is -2.09. The maximum Gasteiger partial charge on any atom is 0.201 e. The number of Topliss-reactive ketones (excluding diaryl/α,β-unsaturated/α-hetero) is 1. The SMILES string of the molecule is CC(=O)C1(c2cnc3n[nH]nc3c2)CC1. The first kappa shape index (κ1) is 8.52. The van der Waals surface area contributed by atoms with Crippen LogP contribution in [-0.2, 0) is 10.2 Å². The molecule has 0 aliphatic heterocycles. The highest BCUT2D eigenvalue weighted by Crippen LogP contribution is 2.48. The highest BCUT2D eigenvalue weighted by atomic mass is 16.1. The van der Waals surface area contributed by atoms with Crippen LogP contribution < -0.4 is 0 Å². The molecule has 1 saturated carbocycles. The Morgan fingerprint density at radius 1 is 1.47 bits per heavy atom. The van der Waals surface area contributed by atoms with Gasteiger partial charge < -0.3 is 0 Å². The second-order valence-corrected chi connectivity index (χ2v) is 4.03. The smallest absolute Gasteiger partial charge is 0.201 e. The molecule has 0 unspecified atom stereocenters. The van der Waals surface area contributed by atoms with E-state index in [0.717, 1.165) is 23.9 Å². The molecule has 5 heteroatoms. The Hall–Kier alpha value is -1.78. The molecule has 0 aromatic carbocycles. The molecule has 5 nitrogen and oxygen atoms in total. The normalized spacial score (nSPS) is 17.9. The van der Waals surface area contributed by atoms with Gasteiger partial charge in [0, 0.05) is 6.20 Å². The first-order chi connectivity index (χ1) is 7.22. The lowest BCUT2D eigenvalue weighted by molar-refractivity contribution is -0.119. The highest BCUT2D eigenvalue weighted by molar-refractivity contribution is 5.91. The van der Waals surface area contributed by atoms with Crippen LogP contribution in [0.1, 0.15) is 25.3 Å². The molecule has 3 rings (SSSR count). The molecule has 0 spiro atoms. The molecular formula is C10H10N4O. The third-order valence-corrected chi connectivity index (χ3v) is 3.15. The predicted octanol–water partition coefficient (Wildman–Crippen LogP) is 0.973. The first-order valence-electron chi connectivity index (χ1n) is 4.90. The predicted molar refractivity (Wildman–Crippen MR) is 53.3 cm³/mol. The van der Waals surface area contributed by atoms with Crippen LogP contribution >= 0.6 is 0 Å². The molecule has 1 aliphatic rings. The lowest BCUT2D eigenvalue weighted by atomic mass is 9.93. The van der Waals surface area contributed by atoms with E-state index in [0.29, 0.717) is 5.65 Å². The number of carbonyl (C=O) groups is 1. The van der Waals surface area contributed by atoms with Gasteiger partial charge in [-0.2, -0.15) is 10.3 Å². The molecule has 2 aromatic heterocycles. The van der Waals surface area contributed by atoms with Crippen LogP contribution in [0.3, 0.4) is 0 Å². The van der Waals surface area contributed by atoms with E-state index >= 15 is 0 Å². The second-order valence-electron chi connectivity index (χ2n) is 4.03. The molecular weight excluding hydrogens is 192 g/mol. The van der Waals surface area contributed by atoms with E-state index < -0.39 is 0 Å². The van der Waals surface area contributed by atoms with Crippen molar-refractivity contribution in [2.24, 2.45) is 0 Å². The van der Waals surface area contributed by atoms with Gasteiger partial charge in [-0.15, -0.1) is 5.10 Å². The number of fused-ring (bicyclic) bond motifs is 1. The summed E-state index contributed by atoms with van der Waals surface area (Å²) < 4.78 is 0. The van der Waals surface area contributed by atoms with E-state index in [-0.39, 0.29) is 11.2 Å². The van der Waals surface area contributed by atoms with Gasteiger partial charge in [0.05, 0.1) is 5.41 Å². The molecule has 76 valence electrons. The maximum absolute atomic E-state index is 11.5. The van der Waals surface area contributed by atoms with Gasteiger partial charge in [0.2, 0.25) is 5.65 Å². The zero-order chi connectivity index (χ0) is 10.5. The van der Waals surface area contributed by atoms with Crippen LogP contribution in [0.4, 0.5) is 0 Å². The average Bonchev–Trinajstić information content (AvgIpc) is 2.91. The van der Waals surface area contributed by atoms with Gasteiger partial charge in [0.1, 0.15) is 11.3 Å². The minimum Gasteiger partial charge on any atom is -0.299 e. The topological polar surface area (TPSA) is 71.5 Å². The summed E-state index contributed by atoms with van der Waals surface area (Å²) in [5, 5.41) is 10.4. The Labute approximate surface area is 85.9 Å². The Morgan fingerprint density at radius 3 is 2.93 bits per heavy atom. The van der Waals surface area contributed by atoms with Crippen molar-refractivity contribution in [2.75, 3.05) is 0 Å². The van der Waals surface area contributed by atoms with Gasteiger partial charge >= 0.3 is 0 Å². The number of aromatic nitrogens is 4. The fraction of sp³-hybridized carbons (Fsp3) is 0.400. The van der Waals surface area contributed by atoms with Gasteiger partial charge in [0.15, 0.2) is 0 Å². The van der Waals surface area contributed by atoms with E-state index in [1.54, 1.807) is 13.1 Å². The molecule has 0 amide bonds. The molecule has 1 aliphatic carbocycles. The van der Waals surface area contributed by atoms with Gasteiger partial charge in [-0.25, -0.2) is 4.98 Å². The minimum absolute atomic E-state index is 0.215. The largest absolute Gasteiger partial charge is 0.299 e. The van der Waals surface area contributed by atoms with E-state index in [4.69, 9.17) is 0 Å². The monoisotopic (exact) mass is 202 g/mol. The van der Waals surface area contributed by atoms with E-state index in [1.807, 2.05) is 6.07 Å². The van der Waals surface area contributed by atoms with E-state index in [9.17, 15) is 4.79 Å². The number of nitrogens with zero attached hydrogens (tertiary/aromatic N) is 3. The molecule has 1 fully saturated rings. The molecule has 0 radical (unpaired) electrons. The fourth-order valence-electron chi connectivity index (χ4n) is 1.97. The van der Waals surface area contributed by atoms with Crippen molar-refractivity contribution in [3.63, 3.8) is 0 Å². The van der Waals surface area contributed by atoms with Crippen molar-refractivity contribution in [3.05, 3.63) is 17.8 Å². The zero-order valence-electron chi connectivity index (χ0n) is 8.32. The molecule has 15 heavy (non-hydrogen) atoms. The van der Waals surface area contributed by atoms with Crippen LogP contribution in [0.2, 0.25) is 0 Å². The second kappa shape index (κ2) is 2.62. The fourth-order valence-corrected chi connectivity index (χ4v) is 1.97. The summed E-state index contributed by atoms with van der Waals surface area (Å²) in [6, 6.07) is 1.90. The van der Waals surface area contributed by atoms with Crippen LogP contribution in [0.5, 0.6) is 0 Å². The Balaban J connectivity index is 2.15. The van der Waals surface area contributed by atoms with Crippen LogP contribution in [0.25, 0.3) is 11.2 Å². The van der Waals surface area contributed by atoms with Gasteiger partial charge in [-0.1, -0.05) is 0 Å². The number of pyridine rings is 1. The summed E-state index contributed by atoms with van der Waals surface area (Å²) in [4.78, 5) is 15.7. The standard InChI is InChI=1S/C10H10N4O/c1-6(15)10(2-3-10)7-4-8-9(11-5-7)13-14-12-8/h4-5H,2-3H2,1H3,(H,11,12,13,14). The minimum atomic E-state index is -0.278. The summed E-state index contributed by atoms with van der Waals surface area (Å²) in [6.07, 6.45) is 3.58. The highest BCUT2D eigenvalue weighted by Gasteiger charge is 2.49. The van der Waals surface area contributed by atoms with Crippen molar-refractivity contribution in [2.45, 2.75) is 25.2 Å². The number of ketones is 1. The number of H-pyrrole nitrogens is 1. The van der Waals surface area contributed by atoms with Crippen molar-refractivity contribution in [3.8, 4) is 0 Å². The molecule has 0 bridgehead atoms. The molecule has 0 saturated heterocycles.